The molecule has 1 atom stereocenters. The van der Waals surface area contributed by atoms with Gasteiger partial charge in [0.05, 0.1) is 12.7 Å². The van der Waals surface area contributed by atoms with Crippen LogP contribution < -0.4 is 0 Å². The van der Waals surface area contributed by atoms with Gasteiger partial charge in [-0.2, -0.15) is 0 Å². The van der Waals surface area contributed by atoms with Crippen LogP contribution in [0.25, 0.3) is 0 Å². The molecule has 0 aromatic carbocycles. The van der Waals surface area contributed by atoms with Gasteiger partial charge in [0.2, 0.25) is 11.5 Å². The summed E-state index contributed by atoms with van der Waals surface area (Å²) in [5.74, 6) is -3.31. The van der Waals surface area contributed by atoms with E-state index >= 15 is 0 Å². The van der Waals surface area contributed by atoms with Crippen molar-refractivity contribution in [2.75, 3.05) is 6.61 Å². The first kappa shape index (κ1) is 14.1. The Balaban J connectivity index is 0.000000385. The molecule has 1 aromatic heterocycles. The molecule has 1 unspecified atom stereocenters. The third kappa shape index (κ3) is 5.13. The highest BCUT2D eigenvalue weighted by Gasteiger charge is 2.12. The zero-order valence-electron chi connectivity index (χ0n) is 8.45. The fraction of sp³-hybridized carbons (Fsp3) is 0.333. The lowest BCUT2D eigenvalue weighted by molar-refractivity contribution is 0.0631. The van der Waals surface area contributed by atoms with Crippen LogP contribution >= 0.6 is 0 Å². The number of hydrogen-bond acceptors (Lipinski definition) is 5. The fourth-order valence-corrected chi connectivity index (χ4v) is 0.568. The molecule has 0 saturated heterocycles. The summed E-state index contributed by atoms with van der Waals surface area (Å²) in [7, 11) is 0. The summed E-state index contributed by atoms with van der Waals surface area (Å²) in [6.07, 6.45) is -0.560. The van der Waals surface area contributed by atoms with Crippen molar-refractivity contribution < 1.29 is 34.4 Å². The minimum Gasteiger partial charge on any atom is -0.475 e. The molecule has 0 aliphatic carbocycles. The molecule has 1 aromatic rings. The molecular weight excluding hydrogens is 220 g/mol. The van der Waals surface area contributed by atoms with E-state index in [1.807, 2.05) is 0 Å². The van der Waals surface area contributed by atoms with E-state index in [1.165, 1.54) is 6.92 Å². The lowest BCUT2D eigenvalue weighted by Crippen LogP contribution is -2.03. The second kappa shape index (κ2) is 6.59. The summed E-state index contributed by atoms with van der Waals surface area (Å²) in [6, 6.07) is 2.18. The van der Waals surface area contributed by atoms with Crippen LogP contribution in [0.3, 0.4) is 0 Å². The molecular formula is C9H12O7. The molecule has 0 aliphatic rings. The van der Waals surface area contributed by atoms with Crippen molar-refractivity contribution in [3.63, 3.8) is 0 Å². The van der Waals surface area contributed by atoms with Crippen molar-refractivity contribution >= 4 is 11.9 Å². The van der Waals surface area contributed by atoms with Crippen LogP contribution in [-0.4, -0.2) is 45.1 Å². The number of aliphatic hydroxyl groups excluding tert-OH is 2. The van der Waals surface area contributed by atoms with Gasteiger partial charge in [0.25, 0.3) is 0 Å². The standard InChI is InChI=1S/C6H4O5.C3H8O2/c7-5(8)3-1-2-4(11-3)6(9)10;1-3(5)2-4/h1-2H,(H,7,8)(H,9,10);3-5H,2H2,1H3. The van der Waals surface area contributed by atoms with Crippen LogP contribution in [0.5, 0.6) is 0 Å². The van der Waals surface area contributed by atoms with Crippen LogP contribution in [0.4, 0.5) is 0 Å². The lowest BCUT2D eigenvalue weighted by Gasteiger charge is -1.90. The maximum atomic E-state index is 10.2. The molecule has 7 nitrogen and oxygen atoms in total. The van der Waals surface area contributed by atoms with Gasteiger partial charge in [-0.15, -0.1) is 0 Å². The molecule has 0 spiro atoms. The maximum absolute atomic E-state index is 10.2. The zero-order chi connectivity index (χ0) is 12.7. The molecule has 16 heavy (non-hydrogen) atoms. The highest BCUT2D eigenvalue weighted by Crippen LogP contribution is 2.06. The number of hydrogen-bond donors (Lipinski definition) is 4. The van der Waals surface area contributed by atoms with E-state index in [-0.39, 0.29) is 18.1 Å². The maximum Gasteiger partial charge on any atom is 0.371 e. The van der Waals surface area contributed by atoms with Gasteiger partial charge in [0, 0.05) is 0 Å². The van der Waals surface area contributed by atoms with E-state index in [4.69, 9.17) is 20.4 Å². The van der Waals surface area contributed by atoms with Crippen molar-refractivity contribution in [3.8, 4) is 0 Å². The average molecular weight is 232 g/mol. The van der Waals surface area contributed by atoms with E-state index in [1.54, 1.807) is 0 Å². The van der Waals surface area contributed by atoms with Crippen LogP contribution in [0.2, 0.25) is 0 Å². The van der Waals surface area contributed by atoms with Gasteiger partial charge < -0.3 is 24.8 Å². The van der Waals surface area contributed by atoms with Crippen LogP contribution in [0.15, 0.2) is 16.5 Å². The number of rotatable bonds is 3. The quantitative estimate of drug-likeness (QED) is 0.578. The minimum atomic E-state index is -1.28. The van der Waals surface area contributed by atoms with E-state index in [2.05, 4.69) is 4.42 Å². The lowest BCUT2D eigenvalue weighted by atomic mass is 10.4. The number of carboxylic acids is 2. The molecule has 1 heterocycles. The molecule has 4 N–H and O–H groups in total. The summed E-state index contributed by atoms with van der Waals surface area (Å²) in [5.41, 5.74) is 0. The van der Waals surface area contributed by atoms with E-state index in [0.29, 0.717) is 0 Å². The first-order valence-electron chi connectivity index (χ1n) is 4.23. The number of carbonyl (C=O) groups is 2. The number of furan rings is 1. The highest BCUT2D eigenvalue weighted by atomic mass is 16.4. The van der Waals surface area contributed by atoms with Crippen LogP contribution in [0, 0.1) is 0 Å². The predicted molar refractivity (Wildman–Crippen MR) is 51.4 cm³/mol. The van der Waals surface area contributed by atoms with Crippen molar-refractivity contribution in [2.24, 2.45) is 0 Å². The topological polar surface area (TPSA) is 128 Å². The third-order valence-corrected chi connectivity index (χ3v) is 1.29. The van der Waals surface area contributed by atoms with Gasteiger partial charge in [-0.05, 0) is 19.1 Å². The molecule has 7 heteroatoms. The number of aromatic carboxylic acids is 2. The molecule has 0 radical (unpaired) electrons. The summed E-state index contributed by atoms with van der Waals surface area (Å²) in [5, 5.41) is 32.6. The Bertz CT molecular complexity index is 324. The van der Waals surface area contributed by atoms with Gasteiger partial charge in [-0.3, -0.25) is 0 Å². The smallest absolute Gasteiger partial charge is 0.371 e. The normalized spacial score (nSPS) is 11.2. The Morgan fingerprint density at radius 3 is 1.69 bits per heavy atom. The Kier molecular flexibility index (Phi) is 5.83. The summed E-state index contributed by atoms with van der Waals surface area (Å²) < 4.78 is 4.41. The first-order chi connectivity index (χ1) is 7.38. The molecule has 0 saturated carbocycles. The van der Waals surface area contributed by atoms with Crippen molar-refractivity contribution in [2.45, 2.75) is 13.0 Å². The summed E-state index contributed by atoms with van der Waals surface area (Å²) >= 11 is 0. The van der Waals surface area contributed by atoms with E-state index in [9.17, 15) is 9.59 Å². The Hall–Kier alpha value is -1.86. The number of carboxylic acid groups (broad SMARTS) is 2. The molecule has 0 amide bonds. The van der Waals surface area contributed by atoms with Crippen molar-refractivity contribution in [1.29, 1.82) is 0 Å². The second-order valence-corrected chi connectivity index (χ2v) is 2.81. The van der Waals surface area contributed by atoms with E-state index in [0.717, 1.165) is 12.1 Å². The number of aliphatic hydroxyl groups is 2. The first-order valence-corrected chi connectivity index (χ1v) is 4.23. The minimum absolute atomic E-state index is 0.139. The summed E-state index contributed by atoms with van der Waals surface area (Å²) in [4.78, 5) is 20.3. The summed E-state index contributed by atoms with van der Waals surface area (Å²) in [6.45, 7) is 1.39. The van der Waals surface area contributed by atoms with Gasteiger partial charge in [-0.25, -0.2) is 9.59 Å². The average Bonchev–Trinajstić information content (AvgIpc) is 2.67. The Labute approximate surface area is 90.6 Å². The van der Waals surface area contributed by atoms with Gasteiger partial charge >= 0.3 is 11.9 Å². The second-order valence-electron chi connectivity index (χ2n) is 2.81. The fourth-order valence-electron chi connectivity index (χ4n) is 0.568. The predicted octanol–water partition coefficient (Wildman–Crippen LogP) is 0.0355. The third-order valence-electron chi connectivity index (χ3n) is 1.29. The molecule has 0 aliphatic heterocycles. The SMILES string of the molecule is CC(O)CO.O=C(O)c1ccc(C(=O)O)o1. The van der Waals surface area contributed by atoms with Crippen molar-refractivity contribution in [1.82, 2.24) is 0 Å². The Morgan fingerprint density at radius 2 is 1.56 bits per heavy atom. The van der Waals surface area contributed by atoms with E-state index < -0.39 is 18.0 Å². The molecule has 0 fully saturated rings. The van der Waals surface area contributed by atoms with Crippen molar-refractivity contribution in [3.05, 3.63) is 23.7 Å². The molecule has 90 valence electrons. The van der Waals surface area contributed by atoms with Gasteiger partial charge in [0.1, 0.15) is 0 Å². The Morgan fingerprint density at radius 1 is 1.25 bits per heavy atom. The van der Waals surface area contributed by atoms with Gasteiger partial charge in [-0.1, -0.05) is 0 Å². The molecule has 1 rings (SSSR count). The van der Waals surface area contributed by atoms with Gasteiger partial charge in [0.15, 0.2) is 0 Å². The van der Waals surface area contributed by atoms with Crippen LogP contribution in [-0.2, 0) is 0 Å². The zero-order valence-corrected chi connectivity index (χ0v) is 8.45. The monoisotopic (exact) mass is 232 g/mol. The molecule has 0 bridgehead atoms. The highest BCUT2D eigenvalue weighted by molar-refractivity contribution is 5.88. The van der Waals surface area contributed by atoms with Crippen LogP contribution in [0.1, 0.15) is 28.0 Å². The largest absolute Gasteiger partial charge is 0.475 e.